The highest BCUT2D eigenvalue weighted by atomic mass is 32.2. The van der Waals surface area contributed by atoms with Crippen molar-refractivity contribution < 1.29 is 119 Å². The number of ether oxygens (including phenoxy) is 6. The molecular formula is C67H80F3N9O22S. The van der Waals surface area contributed by atoms with E-state index in [1.54, 1.807) is 26.1 Å². The van der Waals surface area contributed by atoms with Gasteiger partial charge in [-0.25, -0.2) is 9.59 Å². The minimum atomic E-state index is -5.51. The number of aromatic hydroxyl groups is 2. The number of phenols is 2. The molecule has 0 aromatic heterocycles. The van der Waals surface area contributed by atoms with Crippen molar-refractivity contribution in [2.24, 2.45) is 11.7 Å². The number of rotatable bonds is 30. The molecule has 0 saturated carbocycles. The van der Waals surface area contributed by atoms with Crippen LogP contribution >= 0.6 is 11.8 Å². The Hall–Kier alpha value is -10.1. The van der Waals surface area contributed by atoms with Gasteiger partial charge in [-0.05, 0) is 68.0 Å². The van der Waals surface area contributed by atoms with Gasteiger partial charge in [-0.1, -0.05) is 64.6 Å². The number of primary amides is 1. The van der Waals surface area contributed by atoms with Gasteiger partial charge in [-0.2, -0.15) is 24.9 Å². The third-order valence-electron chi connectivity index (χ3n) is 17.0. The fourth-order valence-corrected chi connectivity index (χ4v) is 12.5. The van der Waals surface area contributed by atoms with E-state index in [-0.39, 0.29) is 91.9 Å². The molecule has 0 radical (unpaired) electrons. The van der Waals surface area contributed by atoms with Crippen LogP contribution in [0.4, 0.5) is 28.4 Å². The third kappa shape index (κ3) is 19.7. The van der Waals surface area contributed by atoms with E-state index in [9.17, 15) is 90.8 Å². The van der Waals surface area contributed by atoms with E-state index in [1.165, 1.54) is 71.2 Å². The summed E-state index contributed by atoms with van der Waals surface area (Å²) in [4.78, 5) is 175. The number of nitrogens with two attached hydrogens (primary N) is 1. The van der Waals surface area contributed by atoms with E-state index < -0.39 is 204 Å². The summed E-state index contributed by atoms with van der Waals surface area (Å²) in [5, 5.41) is 48.3. The maximum absolute atomic E-state index is 14.3. The lowest BCUT2D eigenvalue weighted by Gasteiger charge is -2.43. The first-order valence-electron chi connectivity index (χ1n) is 32.3. The number of nitrogens with one attached hydrogen (secondary N) is 5. The third-order valence-corrected chi connectivity index (χ3v) is 17.9. The molecule has 9 amide bonds. The summed E-state index contributed by atoms with van der Waals surface area (Å²) < 4.78 is 75.5. The molecule has 2 aliphatic heterocycles. The molecule has 35 heteroatoms. The Morgan fingerprint density at radius 3 is 2.13 bits per heavy atom. The number of halogens is 3. The fourth-order valence-electron chi connectivity index (χ4n) is 11.7. The molecule has 0 spiro atoms. The van der Waals surface area contributed by atoms with Crippen LogP contribution in [0.3, 0.4) is 0 Å². The zero-order chi connectivity index (χ0) is 75.1. The first-order valence-corrected chi connectivity index (χ1v) is 33.4. The van der Waals surface area contributed by atoms with Gasteiger partial charge >= 0.3 is 30.2 Å². The predicted octanol–water partition coefficient (Wildman–Crippen LogP) is 3.70. The number of methoxy groups -OCH3 is 1. The molecule has 2 heterocycles. The molecule has 31 nitrogen and oxygen atoms in total. The number of esters is 1. The first kappa shape index (κ1) is 79.2. The first-order chi connectivity index (χ1) is 48.2. The van der Waals surface area contributed by atoms with Crippen LogP contribution in [0.2, 0.25) is 0 Å². The second kappa shape index (κ2) is 35.0. The Morgan fingerprint density at radius 1 is 0.853 bits per heavy atom. The molecule has 2 aliphatic carbocycles. The molecule has 552 valence electrons. The molecule has 10 N–H and O–H groups in total. The number of hydrogen-bond donors (Lipinski definition) is 9. The van der Waals surface area contributed by atoms with Gasteiger partial charge < -0.3 is 90.8 Å². The Kier molecular flexibility index (Phi) is 27.2. The minimum absolute atomic E-state index is 0.00727. The summed E-state index contributed by atoms with van der Waals surface area (Å²) in [6.45, 7) is 11.4. The Labute approximate surface area is 586 Å². The normalized spacial score (nSPS) is 19.8. The topological polar surface area (TPSA) is 434 Å². The van der Waals surface area contributed by atoms with Crippen molar-refractivity contribution in [3.63, 3.8) is 0 Å². The maximum atomic E-state index is 14.3. The van der Waals surface area contributed by atoms with Crippen molar-refractivity contribution in [1.82, 2.24) is 36.0 Å². The zero-order valence-electron chi connectivity index (χ0n) is 56.3. The maximum Gasteiger partial charge on any atom is 0.509 e. The number of anilines is 1. The van der Waals surface area contributed by atoms with Gasteiger partial charge in [0.25, 0.3) is 0 Å². The van der Waals surface area contributed by atoms with Gasteiger partial charge in [-0.15, -0.1) is 0 Å². The molecular weight excluding hydrogens is 1370 g/mol. The molecule has 4 aliphatic rings. The van der Waals surface area contributed by atoms with E-state index in [0.717, 1.165) is 23.9 Å². The lowest BCUT2D eigenvalue weighted by atomic mass is 9.72. The van der Waals surface area contributed by atoms with Crippen LogP contribution < -0.4 is 37.1 Å². The number of urea groups is 1. The highest BCUT2D eigenvalue weighted by Crippen LogP contribution is 2.53. The van der Waals surface area contributed by atoms with Gasteiger partial charge in [0.2, 0.25) is 47.0 Å². The number of Topliss-reactive ketones (excluding diaryl/α,β-unsaturated/α-hetero) is 1. The standard InChI is InChI=1S/C67H80F3N9O22S/c1-8-11-17-49(85)97-29-44(80)66(95)26-39-52(59(89)54-53(57(39)87)56(86)38-14-12-16-42(96-7)51(38)58(54)88)43(27-66)100-50-25-41(75-63(92)67(68,69)70)60(35(6)99-50)101-65(94)98-28-36-18-20-37(21-19-36)73-61(90)40(15-13-23-72-64(71)93)74-62(91)55(34(4)5)76-45(81)30-102-24-22-48(84)79-32-77(46(82)9-2)31-78(33-79)47(83)10-3/h9-10,12,14,16,18-21,34-35,40-41,43,50,55,60,87,89,95H,2-3,8,11,13,15,17,22-33H2,1,4-7H3,(H,73,90)(H,74,91)(H,75,92)(H,76,81)(H3,71,72,93)/t35-,40-,41-,43-,50-,55-,60+,66-/m0/s1. The Balaban J connectivity index is 1.000. The minimum Gasteiger partial charge on any atom is -0.507 e. The number of alkyl halides is 3. The molecule has 2 fully saturated rings. The molecule has 0 bridgehead atoms. The number of aliphatic hydroxyl groups is 1. The van der Waals surface area contributed by atoms with Gasteiger partial charge in [-0.3, -0.25) is 52.7 Å². The summed E-state index contributed by atoms with van der Waals surface area (Å²) in [6.07, 6.45) is -13.5. The predicted molar refractivity (Wildman–Crippen MR) is 352 cm³/mol. The number of ketones is 3. The number of amides is 9. The quantitative estimate of drug-likeness (QED) is 0.0155. The number of nitrogens with zero attached hydrogens (tertiary/aromatic N) is 3. The second-order valence-corrected chi connectivity index (χ2v) is 25.7. The zero-order valence-corrected chi connectivity index (χ0v) is 57.1. The van der Waals surface area contributed by atoms with E-state index in [4.69, 9.17) is 34.2 Å². The van der Waals surface area contributed by atoms with Gasteiger partial charge in [0.05, 0.1) is 67.8 Å². The molecule has 3 aromatic carbocycles. The van der Waals surface area contributed by atoms with Crippen LogP contribution in [0.1, 0.15) is 134 Å². The van der Waals surface area contributed by atoms with Crippen LogP contribution in [-0.2, 0) is 79.9 Å². The number of hydrogen-bond acceptors (Lipinski definition) is 23. The van der Waals surface area contributed by atoms with Crippen molar-refractivity contribution in [2.45, 2.75) is 147 Å². The van der Waals surface area contributed by atoms with Crippen molar-refractivity contribution >= 4 is 94.3 Å². The largest absolute Gasteiger partial charge is 0.509 e. The number of thioether (sulfide) groups is 1. The SMILES string of the molecule is C=CC(=O)N1CN(C(=O)C=C)CN(C(=O)CCSCC(=O)N[C@H](C(=O)N[C@@H](CCCNC(N)=O)C(=O)Nc2ccc(COC(=O)O[C@H]3[C@@H](NC(=O)C(F)(F)F)C[C@H](O[C@H]4C[C@](O)(C(=O)COC(=O)CCCC)Cc5c(O)c6c(c(O)c54)C(=O)c4c(OC)cccc4C6=O)O[C@H]3C)cc2)C(C)C)C1. The van der Waals surface area contributed by atoms with Crippen molar-refractivity contribution in [3.8, 4) is 17.2 Å². The lowest BCUT2D eigenvalue weighted by molar-refractivity contribution is -0.252. The summed E-state index contributed by atoms with van der Waals surface area (Å²) >= 11 is 1.08. The molecule has 0 unspecified atom stereocenters. The molecule has 7 rings (SSSR count). The number of fused-ring (bicyclic) bond motifs is 3. The van der Waals surface area contributed by atoms with Crippen molar-refractivity contribution in [2.75, 3.05) is 57.1 Å². The lowest BCUT2D eigenvalue weighted by Crippen LogP contribution is -2.59. The summed E-state index contributed by atoms with van der Waals surface area (Å²) in [6, 6.07) is 4.45. The van der Waals surface area contributed by atoms with Crippen molar-refractivity contribution in [3.05, 3.63) is 107 Å². The number of carbonyl (C=O) groups excluding carboxylic acids is 13. The average molecular weight is 1450 g/mol. The van der Waals surface area contributed by atoms with Crippen LogP contribution in [0.25, 0.3) is 0 Å². The number of carbonyl (C=O) groups is 13. The van der Waals surface area contributed by atoms with Crippen LogP contribution in [-0.4, -0.2) is 207 Å². The van der Waals surface area contributed by atoms with Gasteiger partial charge in [0.15, 0.2) is 24.8 Å². The summed E-state index contributed by atoms with van der Waals surface area (Å²) in [5.41, 5.74) is 0.0699. The van der Waals surface area contributed by atoms with Gasteiger partial charge in [0, 0.05) is 66.8 Å². The average Bonchev–Trinajstić information content (AvgIpc) is 0.711. The number of benzene rings is 3. The molecule has 3 aromatic rings. The second-order valence-electron chi connectivity index (χ2n) is 24.6. The molecule has 8 atom stereocenters. The Morgan fingerprint density at radius 2 is 1.51 bits per heavy atom. The van der Waals surface area contributed by atoms with E-state index in [0.29, 0.717) is 12.8 Å². The monoisotopic (exact) mass is 1450 g/mol. The summed E-state index contributed by atoms with van der Waals surface area (Å²) in [5.74, 6) is -12.5. The number of unbranched alkanes of at least 4 members (excludes halogenated alkanes) is 1. The smallest absolute Gasteiger partial charge is 0.507 e. The van der Waals surface area contributed by atoms with Crippen LogP contribution in [0, 0.1) is 5.92 Å². The molecule has 2 saturated heterocycles. The van der Waals surface area contributed by atoms with Crippen LogP contribution in [0.5, 0.6) is 17.2 Å². The van der Waals surface area contributed by atoms with E-state index in [1.807, 2.05) is 0 Å². The molecule has 102 heavy (non-hydrogen) atoms. The number of phenolic OH excluding ortho intramolecular Hbond substituents is 2. The highest BCUT2D eigenvalue weighted by Gasteiger charge is 2.52. The summed E-state index contributed by atoms with van der Waals surface area (Å²) in [7, 11) is 1.21. The fraction of sp³-hybridized carbons (Fsp3) is 0.478. The Bertz CT molecular complexity index is 3740. The highest BCUT2D eigenvalue weighted by molar-refractivity contribution is 7.99. The van der Waals surface area contributed by atoms with E-state index in [2.05, 4.69) is 34.4 Å². The van der Waals surface area contributed by atoms with Crippen molar-refractivity contribution in [1.29, 1.82) is 0 Å². The van der Waals surface area contributed by atoms with E-state index >= 15 is 0 Å². The van der Waals surface area contributed by atoms with Crippen LogP contribution in [0.15, 0.2) is 67.8 Å². The van der Waals surface area contributed by atoms with Gasteiger partial charge in [0.1, 0.15) is 41.5 Å².